The second kappa shape index (κ2) is 6.94. The monoisotopic (exact) mass is 306 g/mol. The first-order valence-electron chi connectivity index (χ1n) is 6.75. The molecule has 0 atom stereocenters. The van der Waals surface area contributed by atoms with Crippen LogP contribution in [0.3, 0.4) is 0 Å². The van der Waals surface area contributed by atoms with E-state index in [2.05, 4.69) is 0 Å². The van der Waals surface area contributed by atoms with Crippen molar-refractivity contribution in [3.63, 3.8) is 0 Å². The molecule has 0 bridgehead atoms. The van der Waals surface area contributed by atoms with Crippen molar-refractivity contribution in [2.45, 2.75) is 11.8 Å². The molecule has 2 aromatic carbocycles. The molecule has 0 aliphatic carbocycles. The van der Waals surface area contributed by atoms with Gasteiger partial charge in [0, 0.05) is 10.4 Å². The van der Waals surface area contributed by atoms with Crippen LogP contribution >= 0.6 is 11.6 Å². The standard InChI is InChI=1S/C17H19ClO3/c1-21-16-8-7-15(18)9-13(16)10-17(11-19,12-20)14-5-3-2-4-6-14/h2-9,19-20H,10-12H2,1H3. The SMILES string of the molecule is COc1ccc(Cl)cc1CC(CO)(CO)c1ccccc1. The van der Waals surface area contributed by atoms with Crippen LogP contribution in [0.5, 0.6) is 5.75 Å². The van der Waals surface area contributed by atoms with E-state index in [1.807, 2.05) is 36.4 Å². The molecule has 2 rings (SSSR count). The lowest BCUT2D eigenvalue weighted by Gasteiger charge is -2.31. The van der Waals surface area contributed by atoms with Gasteiger partial charge in [-0.15, -0.1) is 0 Å². The van der Waals surface area contributed by atoms with Gasteiger partial charge in [0.1, 0.15) is 5.75 Å². The van der Waals surface area contributed by atoms with Crippen molar-refractivity contribution in [3.05, 3.63) is 64.7 Å². The Morgan fingerprint density at radius 3 is 2.29 bits per heavy atom. The van der Waals surface area contributed by atoms with Gasteiger partial charge in [0.2, 0.25) is 0 Å². The molecule has 0 spiro atoms. The number of hydrogen-bond donors (Lipinski definition) is 2. The first kappa shape index (κ1) is 15.8. The van der Waals surface area contributed by atoms with Crippen molar-refractivity contribution >= 4 is 11.6 Å². The van der Waals surface area contributed by atoms with Crippen LogP contribution in [-0.2, 0) is 11.8 Å². The number of aliphatic hydroxyl groups is 2. The number of halogens is 1. The third-order valence-electron chi connectivity index (χ3n) is 3.76. The number of benzene rings is 2. The first-order chi connectivity index (χ1) is 10.1. The molecule has 0 aromatic heterocycles. The van der Waals surface area contributed by atoms with E-state index in [0.29, 0.717) is 17.2 Å². The molecule has 0 amide bonds. The van der Waals surface area contributed by atoms with E-state index >= 15 is 0 Å². The van der Waals surface area contributed by atoms with Crippen LogP contribution in [-0.4, -0.2) is 30.5 Å². The molecule has 4 heteroatoms. The Balaban J connectivity index is 2.44. The average Bonchev–Trinajstić information content (AvgIpc) is 2.54. The van der Waals surface area contributed by atoms with E-state index in [0.717, 1.165) is 11.1 Å². The van der Waals surface area contributed by atoms with Gasteiger partial charge in [-0.3, -0.25) is 0 Å². The highest BCUT2D eigenvalue weighted by Gasteiger charge is 2.32. The van der Waals surface area contributed by atoms with Gasteiger partial charge in [-0.25, -0.2) is 0 Å². The van der Waals surface area contributed by atoms with Crippen LogP contribution < -0.4 is 4.74 Å². The van der Waals surface area contributed by atoms with Crippen LogP contribution in [0.2, 0.25) is 5.02 Å². The molecule has 112 valence electrons. The van der Waals surface area contributed by atoms with Crippen molar-refractivity contribution in [1.82, 2.24) is 0 Å². The van der Waals surface area contributed by atoms with Gasteiger partial charge in [0.15, 0.2) is 0 Å². The van der Waals surface area contributed by atoms with Gasteiger partial charge < -0.3 is 14.9 Å². The lowest BCUT2D eigenvalue weighted by atomic mass is 9.76. The van der Waals surface area contributed by atoms with E-state index in [9.17, 15) is 10.2 Å². The second-order valence-electron chi connectivity index (χ2n) is 5.10. The Hall–Kier alpha value is -1.55. The maximum absolute atomic E-state index is 9.89. The maximum Gasteiger partial charge on any atom is 0.122 e. The zero-order valence-corrected chi connectivity index (χ0v) is 12.7. The molecule has 3 nitrogen and oxygen atoms in total. The molecule has 0 fully saturated rings. The van der Waals surface area contributed by atoms with E-state index in [1.165, 1.54) is 0 Å². The zero-order chi connectivity index (χ0) is 15.3. The summed E-state index contributed by atoms with van der Waals surface area (Å²) >= 11 is 6.05. The molecule has 0 unspecified atom stereocenters. The number of methoxy groups -OCH3 is 1. The Labute approximate surface area is 129 Å². The smallest absolute Gasteiger partial charge is 0.122 e. The van der Waals surface area contributed by atoms with E-state index < -0.39 is 5.41 Å². The van der Waals surface area contributed by atoms with Crippen LogP contribution in [0.25, 0.3) is 0 Å². The van der Waals surface area contributed by atoms with Gasteiger partial charge >= 0.3 is 0 Å². The summed E-state index contributed by atoms with van der Waals surface area (Å²) in [6.07, 6.45) is 0.438. The molecule has 0 saturated heterocycles. The quantitative estimate of drug-likeness (QED) is 0.863. The highest BCUT2D eigenvalue weighted by Crippen LogP contribution is 2.33. The summed E-state index contributed by atoms with van der Waals surface area (Å²) in [4.78, 5) is 0. The molecule has 0 aliphatic rings. The van der Waals surface area contributed by atoms with E-state index in [4.69, 9.17) is 16.3 Å². The van der Waals surface area contributed by atoms with E-state index in [1.54, 1.807) is 19.2 Å². The topological polar surface area (TPSA) is 49.7 Å². The molecular weight excluding hydrogens is 288 g/mol. The van der Waals surface area contributed by atoms with E-state index in [-0.39, 0.29) is 13.2 Å². The van der Waals surface area contributed by atoms with Gasteiger partial charge in [0.25, 0.3) is 0 Å². The Kier molecular flexibility index (Phi) is 5.23. The van der Waals surface area contributed by atoms with Crippen LogP contribution in [0.1, 0.15) is 11.1 Å². The van der Waals surface area contributed by atoms with Gasteiger partial charge in [-0.1, -0.05) is 41.9 Å². The lowest BCUT2D eigenvalue weighted by Crippen LogP contribution is -2.37. The van der Waals surface area contributed by atoms with Gasteiger partial charge in [-0.2, -0.15) is 0 Å². The molecule has 0 saturated carbocycles. The highest BCUT2D eigenvalue weighted by molar-refractivity contribution is 6.30. The lowest BCUT2D eigenvalue weighted by molar-refractivity contribution is 0.115. The van der Waals surface area contributed by atoms with Crippen LogP contribution in [0, 0.1) is 0 Å². The summed E-state index contributed by atoms with van der Waals surface area (Å²) in [5, 5.41) is 20.4. The Bertz CT molecular complexity index is 580. The molecule has 2 N–H and O–H groups in total. The predicted molar refractivity (Wildman–Crippen MR) is 84.0 cm³/mol. The Morgan fingerprint density at radius 2 is 1.71 bits per heavy atom. The van der Waals surface area contributed by atoms with Crippen molar-refractivity contribution in [3.8, 4) is 5.75 Å². The van der Waals surface area contributed by atoms with Crippen molar-refractivity contribution in [1.29, 1.82) is 0 Å². The third kappa shape index (κ3) is 3.38. The minimum Gasteiger partial charge on any atom is -0.496 e. The molecule has 0 radical (unpaired) electrons. The summed E-state index contributed by atoms with van der Waals surface area (Å²) in [6.45, 7) is -0.327. The second-order valence-corrected chi connectivity index (χ2v) is 5.53. The van der Waals surface area contributed by atoms with Crippen molar-refractivity contribution in [2.75, 3.05) is 20.3 Å². The predicted octanol–water partition coefficient (Wildman–Crippen LogP) is 2.81. The fourth-order valence-corrected chi connectivity index (χ4v) is 2.68. The summed E-state index contributed by atoms with van der Waals surface area (Å²) < 4.78 is 5.35. The number of aliphatic hydroxyl groups excluding tert-OH is 2. The summed E-state index contributed by atoms with van der Waals surface area (Å²) in [7, 11) is 1.59. The first-order valence-corrected chi connectivity index (χ1v) is 7.12. The van der Waals surface area contributed by atoms with Gasteiger partial charge in [0.05, 0.1) is 20.3 Å². The average molecular weight is 307 g/mol. The summed E-state index contributed by atoms with van der Waals surface area (Å²) in [5.41, 5.74) is 0.980. The Morgan fingerprint density at radius 1 is 1.05 bits per heavy atom. The highest BCUT2D eigenvalue weighted by atomic mass is 35.5. The molecule has 0 aliphatic heterocycles. The maximum atomic E-state index is 9.89. The third-order valence-corrected chi connectivity index (χ3v) is 4.00. The van der Waals surface area contributed by atoms with Gasteiger partial charge in [-0.05, 0) is 35.7 Å². The zero-order valence-electron chi connectivity index (χ0n) is 11.9. The van der Waals surface area contributed by atoms with Crippen molar-refractivity contribution in [2.24, 2.45) is 0 Å². The number of ether oxygens (including phenoxy) is 1. The number of rotatable bonds is 6. The molecule has 21 heavy (non-hydrogen) atoms. The van der Waals surface area contributed by atoms with Crippen LogP contribution in [0.15, 0.2) is 48.5 Å². The normalized spacial score (nSPS) is 11.4. The minimum atomic E-state index is -0.765. The fourth-order valence-electron chi connectivity index (χ4n) is 2.49. The molecule has 2 aromatic rings. The minimum absolute atomic E-state index is 0.164. The molecular formula is C17H19ClO3. The summed E-state index contributed by atoms with van der Waals surface area (Å²) in [5.74, 6) is 0.696. The largest absolute Gasteiger partial charge is 0.496 e. The molecule has 0 heterocycles. The van der Waals surface area contributed by atoms with Crippen LogP contribution in [0.4, 0.5) is 0 Å². The fraction of sp³-hybridized carbons (Fsp3) is 0.294. The van der Waals surface area contributed by atoms with Crippen molar-refractivity contribution < 1.29 is 14.9 Å². The number of hydrogen-bond acceptors (Lipinski definition) is 3. The summed E-state index contributed by atoms with van der Waals surface area (Å²) in [6, 6.07) is 14.9.